The van der Waals surface area contributed by atoms with Crippen LogP contribution in [0.2, 0.25) is 0 Å². The molecule has 0 saturated carbocycles. The second-order valence-corrected chi connectivity index (χ2v) is 12.3. The molecule has 11 heteroatoms. The topological polar surface area (TPSA) is 138 Å². The summed E-state index contributed by atoms with van der Waals surface area (Å²) in [6.07, 6.45) is 4.84. The number of benzene rings is 1. The lowest BCUT2D eigenvalue weighted by Gasteiger charge is -2.43. The molecule has 0 spiro atoms. The van der Waals surface area contributed by atoms with E-state index in [1.165, 1.54) is 12.1 Å². The fraction of sp³-hybridized carbons (Fsp3) is 0.516. The van der Waals surface area contributed by atoms with Gasteiger partial charge in [-0.3, -0.25) is 14.8 Å². The van der Waals surface area contributed by atoms with Crippen molar-refractivity contribution in [3.8, 4) is 11.5 Å². The Kier molecular flexibility index (Phi) is 7.26. The summed E-state index contributed by atoms with van der Waals surface area (Å²) in [4.78, 5) is 40.6. The Hall–Kier alpha value is -3.83. The van der Waals surface area contributed by atoms with E-state index >= 15 is 0 Å². The number of piperidine rings is 1. The fourth-order valence-electron chi connectivity index (χ4n) is 6.71. The molecule has 3 aromatic rings. The zero-order chi connectivity index (χ0) is 29.8. The van der Waals surface area contributed by atoms with Crippen molar-refractivity contribution in [3.63, 3.8) is 0 Å². The molecule has 2 bridgehead atoms. The first kappa shape index (κ1) is 28.3. The summed E-state index contributed by atoms with van der Waals surface area (Å²) in [7, 11) is 0. The van der Waals surface area contributed by atoms with Gasteiger partial charge in [0.2, 0.25) is 0 Å². The number of unbranched alkanes of at least 4 members (excludes halogenated alkanes) is 1. The normalized spacial score (nSPS) is 20.5. The zero-order valence-corrected chi connectivity index (χ0v) is 24.2. The van der Waals surface area contributed by atoms with Gasteiger partial charge < -0.3 is 33.8 Å². The van der Waals surface area contributed by atoms with Crippen LogP contribution in [0, 0.1) is 11.1 Å². The Morgan fingerprint density at radius 1 is 1.21 bits per heavy atom. The summed E-state index contributed by atoms with van der Waals surface area (Å²) in [6, 6.07) is 6.35. The number of hydrogen-bond acceptors (Lipinski definition) is 9. The lowest BCUT2D eigenvalue weighted by Crippen LogP contribution is -2.50. The largest absolute Gasteiger partial charge is 0.733 e. The number of ether oxygens (including phenoxy) is 2. The van der Waals surface area contributed by atoms with E-state index in [1.807, 2.05) is 19.9 Å². The minimum atomic E-state index is -0.530. The number of aryl methyl sites for hydroxylation is 2. The number of amides is 1. The second kappa shape index (κ2) is 10.8. The lowest BCUT2D eigenvalue weighted by molar-refractivity contribution is -0.136. The van der Waals surface area contributed by atoms with E-state index in [1.54, 1.807) is 15.5 Å². The van der Waals surface area contributed by atoms with E-state index < -0.39 is 16.4 Å². The molecule has 3 aliphatic heterocycles. The van der Waals surface area contributed by atoms with Crippen molar-refractivity contribution in [3.05, 3.63) is 67.1 Å². The molecule has 11 nitrogen and oxygen atoms in total. The molecule has 2 unspecified atom stereocenters. The van der Waals surface area contributed by atoms with Crippen molar-refractivity contribution < 1.29 is 23.9 Å². The molecule has 6 rings (SSSR count). The maximum absolute atomic E-state index is 13.5. The van der Waals surface area contributed by atoms with E-state index in [0.717, 1.165) is 42.5 Å². The van der Waals surface area contributed by atoms with Crippen LogP contribution in [0.5, 0.6) is 11.5 Å². The monoisotopic (exact) mass is 578 g/mol. The van der Waals surface area contributed by atoms with Crippen LogP contribution in [0.1, 0.15) is 69.2 Å². The molecule has 1 aromatic carbocycles. The summed E-state index contributed by atoms with van der Waals surface area (Å²) < 4.78 is 19.8. The maximum Gasteiger partial charge on any atom is 0.336 e. The fourth-order valence-corrected chi connectivity index (χ4v) is 6.71. The molecule has 42 heavy (non-hydrogen) atoms. The van der Waals surface area contributed by atoms with Gasteiger partial charge in [-0.15, -0.1) is 0 Å². The van der Waals surface area contributed by atoms with Crippen LogP contribution in [-0.2, 0) is 24.2 Å². The molecule has 2 atom stereocenters. The molecule has 3 aliphatic rings. The number of nitrogens with zero attached hydrogens (tertiary/aromatic N) is 3. The second-order valence-electron chi connectivity index (χ2n) is 12.3. The van der Waals surface area contributed by atoms with Crippen molar-refractivity contribution in [2.24, 2.45) is 5.92 Å². The third-order valence-corrected chi connectivity index (χ3v) is 8.78. The van der Waals surface area contributed by atoms with Crippen LogP contribution in [0.15, 0.2) is 38.3 Å². The van der Waals surface area contributed by atoms with E-state index in [4.69, 9.17) is 13.9 Å². The number of hydrogen-bond donors (Lipinski definition) is 1. The van der Waals surface area contributed by atoms with Crippen LogP contribution < -0.4 is 25.9 Å². The molecular formula is C31H36N3O8-. The first-order valence-corrected chi connectivity index (χ1v) is 14.7. The smallest absolute Gasteiger partial charge is 0.336 e. The van der Waals surface area contributed by atoms with Gasteiger partial charge in [-0.2, -0.15) is 0 Å². The highest BCUT2D eigenvalue weighted by molar-refractivity contribution is 5.92. The molecule has 1 N–H and O–H groups in total. The molecule has 0 radical (unpaired) electrons. The predicted molar refractivity (Wildman–Crippen MR) is 155 cm³/mol. The quantitative estimate of drug-likeness (QED) is 0.324. The van der Waals surface area contributed by atoms with Gasteiger partial charge in [-0.1, -0.05) is 13.3 Å². The third-order valence-electron chi connectivity index (χ3n) is 8.78. The first-order valence-electron chi connectivity index (χ1n) is 14.7. The number of anilines is 1. The molecule has 2 aromatic heterocycles. The summed E-state index contributed by atoms with van der Waals surface area (Å²) in [6.45, 7) is 7.14. The number of carbonyl (C=O) groups excluding carboxylic acids is 1. The number of carbonyl (C=O) groups is 1. The van der Waals surface area contributed by atoms with Crippen molar-refractivity contribution in [1.82, 2.24) is 9.47 Å². The van der Waals surface area contributed by atoms with Crippen LogP contribution in [-0.4, -0.2) is 45.9 Å². The minimum absolute atomic E-state index is 0.0297. The summed E-state index contributed by atoms with van der Waals surface area (Å²) in [5, 5.41) is 21.0. The Balaban J connectivity index is 1.28. The van der Waals surface area contributed by atoms with Crippen molar-refractivity contribution >= 4 is 22.6 Å². The summed E-state index contributed by atoms with van der Waals surface area (Å²) >= 11 is 0. The molecule has 1 saturated heterocycles. The van der Waals surface area contributed by atoms with Gasteiger partial charge in [0, 0.05) is 48.9 Å². The van der Waals surface area contributed by atoms with E-state index in [-0.39, 0.29) is 35.6 Å². The Labute approximate surface area is 242 Å². The van der Waals surface area contributed by atoms with Crippen LogP contribution in [0.3, 0.4) is 0 Å². The van der Waals surface area contributed by atoms with Gasteiger partial charge in [0.05, 0.1) is 5.39 Å². The van der Waals surface area contributed by atoms with Gasteiger partial charge in [0.25, 0.3) is 11.5 Å². The van der Waals surface area contributed by atoms with Crippen LogP contribution >= 0.6 is 0 Å². The highest BCUT2D eigenvalue weighted by Gasteiger charge is 2.37. The number of likely N-dealkylation sites (tertiary alicyclic amines) is 1. The Bertz CT molecular complexity index is 1660. The van der Waals surface area contributed by atoms with Gasteiger partial charge in [0.15, 0.2) is 6.61 Å². The number of rotatable bonds is 7. The summed E-state index contributed by atoms with van der Waals surface area (Å²) in [5.74, 6) is 0.833. The van der Waals surface area contributed by atoms with Crippen LogP contribution in [0.4, 0.5) is 5.69 Å². The molecule has 1 amide bonds. The first-order chi connectivity index (χ1) is 20.0. The zero-order valence-electron chi connectivity index (χ0n) is 24.2. The minimum Gasteiger partial charge on any atom is -0.733 e. The standard InChI is InChI=1S/C31H36N3O8/c1-4-5-6-19-12-27(36)41-29-21-9-10-31(2,3)42-24(21)13-25(28(19)29)40-17-26(35)32-14-18-11-20(16-32)22-7-8-23(34(38)39)30(37)33(22)15-18/h7-8,12-13,18,20,38H,4-6,9-11,14-17H2,1-3H3/q-1. The van der Waals surface area contributed by atoms with Gasteiger partial charge in [-0.05, 0) is 69.6 Å². The lowest BCUT2D eigenvalue weighted by atomic mass is 9.83. The van der Waals surface area contributed by atoms with Crippen LogP contribution in [0.25, 0.3) is 11.0 Å². The van der Waals surface area contributed by atoms with E-state index in [2.05, 4.69) is 6.92 Å². The molecular weight excluding hydrogens is 542 g/mol. The molecule has 1 fully saturated rings. The molecule has 0 aliphatic carbocycles. The van der Waals surface area contributed by atoms with E-state index in [0.29, 0.717) is 54.9 Å². The Morgan fingerprint density at radius 3 is 2.79 bits per heavy atom. The highest BCUT2D eigenvalue weighted by atomic mass is 16.8. The average molecular weight is 579 g/mol. The van der Waals surface area contributed by atoms with Crippen molar-refractivity contribution in [2.75, 3.05) is 24.9 Å². The number of fused-ring (bicyclic) bond motifs is 7. The van der Waals surface area contributed by atoms with Gasteiger partial charge >= 0.3 is 5.63 Å². The predicted octanol–water partition coefficient (Wildman–Crippen LogP) is 4.12. The number of aromatic nitrogens is 1. The van der Waals surface area contributed by atoms with Crippen molar-refractivity contribution in [1.29, 1.82) is 0 Å². The molecule has 224 valence electrons. The number of pyridine rings is 1. The molecule has 5 heterocycles. The third kappa shape index (κ3) is 5.15. The summed E-state index contributed by atoms with van der Waals surface area (Å²) in [5.41, 5.74) is 1.25. The Morgan fingerprint density at radius 2 is 2.02 bits per heavy atom. The van der Waals surface area contributed by atoms with Gasteiger partial charge in [-0.25, -0.2) is 4.79 Å². The maximum atomic E-state index is 13.5. The van der Waals surface area contributed by atoms with Gasteiger partial charge in [0.1, 0.15) is 28.4 Å². The SMILES string of the molecule is CCCCc1cc(=O)oc2c3c(cc(OCC(=O)N4CC5CC(C4)c4ccc(N([O-])O)c(=O)n4C5)c12)OC(C)(C)CC3. The average Bonchev–Trinajstić information content (AvgIpc) is 2.93. The highest BCUT2D eigenvalue weighted by Crippen LogP contribution is 2.43. The van der Waals surface area contributed by atoms with Crippen molar-refractivity contribution in [2.45, 2.75) is 77.4 Å². The van der Waals surface area contributed by atoms with E-state index in [9.17, 15) is 24.8 Å².